The normalized spacial score (nSPS) is 39.4. The molecule has 0 bridgehead atoms. The molecular weight excluding hydrogens is 198 g/mol. The van der Waals surface area contributed by atoms with Crippen molar-refractivity contribution in [3.8, 4) is 0 Å². The van der Waals surface area contributed by atoms with E-state index in [0.717, 1.165) is 19.2 Å². The molecule has 1 N–H and O–H groups in total. The first kappa shape index (κ1) is 12.4. The number of rotatable bonds is 5. The van der Waals surface area contributed by atoms with Gasteiger partial charge in [0.25, 0.3) is 0 Å². The number of hydrogen-bond acceptors (Lipinski definition) is 2. The molecule has 94 valence electrons. The molecule has 0 amide bonds. The fourth-order valence-electron chi connectivity index (χ4n) is 3.39. The summed E-state index contributed by atoms with van der Waals surface area (Å²) in [4.78, 5) is 0. The predicted molar refractivity (Wildman–Crippen MR) is 67.6 cm³/mol. The van der Waals surface area contributed by atoms with Gasteiger partial charge < -0.3 is 10.1 Å². The zero-order valence-corrected chi connectivity index (χ0v) is 10.9. The molecule has 1 saturated heterocycles. The van der Waals surface area contributed by atoms with E-state index in [0.29, 0.717) is 11.5 Å². The van der Waals surface area contributed by atoms with E-state index < -0.39 is 0 Å². The van der Waals surface area contributed by atoms with Crippen molar-refractivity contribution in [3.05, 3.63) is 0 Å². The van der Waals surface area contributed by atoms with Gasteiger partial charge in [-0.15, -0.1) is 0 Å². The molecule has 2 heteroatoms. The Morgan fingerprint density at radius 3 is 2.94 bits per heavy atom. The number of hydrogen-bond donors (Lipinski definition) is 1. The van der Waals surface area contributed by atoms with E-state index in [1.807, 2.05) is 0 Å². The Balaban J connectivity index is 1.71. The highest BCUT2D eigenvalue weighted by Crippen LogP contribution is 2.42. The van der Waals surface area contributed by atoms with Gasteiger partial charge in [-0.2, -0.15) is 0 Å². The highest BCUT2D eigenvalue weighted by atomic mass is 16.5. The SMILES string of the molecule is CCNC1CCC(C)(CCC2CCCO2)C1. The first-order chi connectivity index (χ1) is 7.72. The topological polar surface area (TPSA) is 21.3 Å². The Labute approximate surface area is 100 Å². The molecule has 1 aliphatic heterocycles. The molecule has 16 heavy (non-hydrogen) atoms. The second-order valence-electron chi connectivity index (χ2n) is 5.98. The Kier molecular flexibility index (Phi) is 4.26. The van der Waals surface area contributed by atoms with Crippen molar-refractivity contribution in [1.29, 1.82) is 0 Å². The molecule has 0 spiro atoms. The molecule has 2 aliphatic rings. The van der Waals surface area contributed by atoms with E-state index in [1.165, 1.54) is 44.9 Å². The largest absolute Gasteiger partial charge is 0.378 e. The lowest BCUT2D eigenvalue weighted by Crippen LogP contribution is -2.27. The molecule has 0 aromatic heterocycles. The molecular formula is C14H27NO. The van der Waals surface area contributed by atoms with Crippen molar-refractivity contribution in [2.75, 3.05) is 13.2 Å². The molecule has 0 aromatic rings. The van der Waals surface area contributed by atoms with Crippen LogP contribution < -0.4 is 5.32 Å². The summed E-state index contributed by atoms with van der Waals surface area (Å²) < 4.78 is 5.72. The van der Waals surface area contributed by atoms with Gasteiger partial charge in [0.15, 0.2) is 0 Å². The minimum Gasteiger partial charge on any atom is -0.378 e. The summed E-state index contributed by atoms with van der Waals surface area (Å²) in [6.45, 7) is 6.80. The smallest absolute Gasteiger partial charge is 0.0576 e. The second-order valence-corrected chi connectivity index (χ2v) is 5.98. The van der Waals surface area contributed by atoms with Gasteiger partial charge in [-0.25, -0.2) is 0 Å². The third-order valence-electron chi connectivity index (χ3n) is 4.42. The minimum absolute atomic E-state index is 0.579. The van der Waals surface area contributed by atoms with Crippen LogP contribution in [-0.2, 0) is 4.74 Å². The van der Waals surface area contributed by atoms with Crippen molar-refractivity contribution in [1.82, 2.24) is 5.32 Å². The fourth-order valence-corrected chi connectivity index (χ4v) is 3.39. The maximum Gasteiger partial charge on any atom is 0.0576 e. The van der Waals surface area contributed by atoms with E-state index in [1.54, 1.807) is 0 Å². The van der Waals surface area contributed by atoms with Gasteiger partial charge in [0.1, 0.15) is 0 Å². The first-order valence-electron chi connectivity index (χ1n) is 7.07. The number of ether oxygens (including phenoxy) is 1. The zero-order chi connectivity index (χ0) is 11.4. The second kappa shape index (κ2) is 5.50. The van der Waals surface area contributed by atoms with Crippen LogP contribution in [0.2, 0.25) is 0 Å². The molecule has 2 rings (SSSR count). The van der Waals surface area contributed by atoms with E-state index >= 15 is 0 Å². The van der Waals surface area contributed by atoms with Crippen LogP contribution in [0.5, 0.6) is 0 Å². The van der Waals surface area contributed by atoms with Crippen LogP contribution in [-0.4, -0.2) is 25.3 Å². The van der Waals surface area contributed by atoms with Crippen molar-refractivity contribution in [2.45, 2.75) is 70.9 Å². The average Bonchev–Trinajstić information content (AvgIpc) is 2.87. The average molecular weight is 225 g/mol. The maximum absolute atomic E-state index is 5.72. The van der Waals surface area contributed by atoms with E-state index in [9.17, 15) is 0 Å². The van der Waals surface area contributed by atoms with Crippen LogP contribution in [0.3, 0.4) is 0 Å². The third kappa shape index (κ3) is 3.21. The molecule has 3 atom stereocenters. The van der Waals surface area contributed by atoms with Gasteiger partial charge in [0, 0.05) is 12.6 Å². The van der Waals surface area contributed by atoms with Crippen LogP contribution in [0.4, 0.5) is 0 Å². The molecule has 1 saturated carbocycles. The summed E-state index contributed by atoms with van der Waals surface area (Å²) >= 11 is 0. The molecule has 2 nitrogen and oxygen atoms in total. The molecule has 0 radical (unpaired) electrons. The fraction of sp³-hybridized carbons (Fsp3) is 1.00. The monoisotopic (exact) mass is 225 g/mol. The highest BCUT2D eigenvalue weighted by Gasteiger charge is 2.35. The quantitative estimate of drug-likeness (QED) is 0.776. The Morgan fingerprint density at radius 2 is 2.25 bits per heavy atom. The summed E-state index contributed by atoms with van der Waals surface area (Å²) in [7, 11) is 0. The molecule has 3 unspecified atom stereocenters. The lowest BCUT2D eigenvalue weighted by molar-refractivity contribution is 0.0899. The van der Waals surface area contributed by atoms with Crippen molar-refractivity contribution < 1.29 is 4.74 Å². The first-order valence-corrected chi connectivity index (χ1v) is 7.07. The standard InChI is InChI=1S/C14H27NO/c1-3-15-12-6-8-14(2,11-12)9-7-13-5-4-10-16-13/h12-13,15H,3-11H2,1-2H3. The summed E-state index contributed by atoms with van der Waals surface area (Å²) in [5, 5.41) is 3.60. The lowest BCUT2D eigenvalue weighted by Gasteiger charge is -2.25. The van der Waals surface area contributed by atoms with Gasteiger partial charge in [-0.1, -0.05) is 13.8 Å². The Morgan fingerprint density at radius 1 is 1.38 bits per heavy atom. The summed E-state index contributed by atoms with van der Waals surface area (Å²) in [6.07, 6.45) is 9.94. The molecule has 2 fully saturated rings. The van der Waals surface area contributed by atoms with Crippen LogP contribution in [0.1, 0.15) is 58.8 Å². The van der Waals surface area contributed by atoms with E-state index in [2.05, 4.69) is 19.2 Å². The van der Waals surface area contributed by atoms with Gasteiger partial charge >= 0.3 is 0 Å². The Hall–Kier alpha value is -0.0800. The van der Waals surface area contributed by atoms with Crippen molar-refractivity contribution in [3.63, 3.8) is 0 Å². The number of nitrogens with one attached hydrogen (secondary N) is 1. The van der Waals surface area contributed by atoms with Gasteiger partial charge in [0.2, 0.25) is 0 Å². The van der Waals surface area contributed by atoms with Crippen LogP contribution >= 0.6 is 0 Å². The summed E-state index contributed by atoms with van der Waals surface area (Å²) in [5.41, 5.74) is 0.582. The highest BCUT2D eigenvalue weighted by molar-refractivity contribution is 4.89. The van der Waals surface area contributed by atoms with Crippen LogP contribution in [0.25, 0.3) is 0 Å². The third-order valence-corrected chi connectivity index (χ3v) is 4.42. The van der Waals surface area contributed by atoms with E-state index in [4.69, 9.17) is 4.74 Å². The summed E-state index contributed by atoms with van der Waals surface area (Å²) in [6, 6.07) is 0.777. The van der Waals surface area contributed by atoms with Crippen molar-refractivity contribution >= 4 is 0 Å². The molecule has 0 aromatic carbocycles. The van der Waals surface area contributed by atoms with E-state index in [-0.39, 0.29) is 0 Å². The zero-order valence-electron chi connectivity index (χ0n) is 10.9. The summed E-state index contributed by atoms with van der Waals surface area (Å²) in [5.74, 6) is 0. The predicted octanol–water partition coefficient (Wildman–Crippen LogP) is 3.11. The van der Waals surface area contributed by atoms with Crippen LogP contribution in [0, 0.1) is 5.41 Å². The molecule has 1 aliphatic carbocycles. The molecule has 1 heterocycles. The van der Waals surface area contributed by atoms with Gasteiger partial charge in [0.05, 0.1) is 6.10 Å². The van der Waals surface area contributed by atoms with Gasteiger partial charge in [-0.3, -0.25) is 0 Å². The van der Waals surface area contributed by atoms with Crippen molar-refractivity contribution in [2.24, 2.45) is 5.41 Å². The minimum atomic E-state index is 0.579. The van der Waals surface area contributed by atoms with Crippen LogP contribution in [0.15, 0.2) is 0 Å². The van der Waals surface area contributed by atoms with Gasteiger partial charge in [-0.05, 0) is 56.9 Å². The maximum atomic E-state index is 5.72. The Bertz CT molecular complexity index is 213. The lowest BCUT2D eigenvalue weighted by atomic mass is 9.82.